The number of urea groups is 1. The average molecular weight is 413 g/mol. The first-order chi connectivity index (χ1) is 15.1. The van der Waals surface area contributed by atoms with Crippen molar-refractivity contribution in [3.8, 4) is 0 Å². The lowest BCUT2D eigenvalue weighted by Gasteiger charge is -2.21. The quantitative estimate of drug-likeness (QED) is 0.585. The van der Waals surface area contributed by atoms with Gasteiger partial charge in [-0.05, 0) is 16.7 Å². The second kappa shape index (κ2) is 9.26. The first kappa shape index (κ1) is 20.3. The van der Waals surface area contributed by atoms with E-state index in [1.807, 2.05) is 91.0 Å². The van der Waals surface area contributed by atoms with E-state index in [1.54, 1.807) is 0 Å². The number of nitrogens with zero attached hydrogens (tertiary/aromatic N) is 1. The largest absolute Gasteiger partial charge is 0.344 e. The minimum absolute atomic E-state index is 0.327. The highest BCUT2D eigenvalue weighted by Gasteiger charge is 2.39. The molecule has 156 valence electrons. The van der Waals surface area contributed by atoms with Crippen LogP contribution in [-0.4, -0.2) is 35.3 Å². The van der Waals surface area contributed by atoms with Gasteiger partial charge in [-0.1, -0.05) is 91.0 Å². The zero-order chi connectivity index (χ0) is 21.6. The van der Waals surface area contributed by atoms with Crippen LogP contribution in [0.15, 0.2) is 91.0 Å². The Morgan fingerprint density at radius 3 is 1.90 bits per heavy atom. The van der Waals surface area contributed by atoms with E-state index in [4.69, 9.17) is 0 Å². The smallest absolute Gasteiger partial charge is 0.325 e. The molecule has 6 nitrogen and oxygen atoms in total. The van der Waals surface area contributed by atoms with Gasteiger partial charge in [-0.25, -0.2) is 4.79 Å². The molecule has 0 saturated carbocycles. The zero-order valence-electron chi connectivity index (χ0n) is 16.9. The van der Waals surface area contributed by atoms with E-state index in [0.29, 0.717) is 6.42 Å². The van der Waals surface area contributed by atoms with Crippen molar-refractivity contribution in [3.63, 3.8) is 0 Å². The third-order valence-electron chi connectivity index (χ3n) is 5.26. The van der Waals surface area contributed by atoms with Crippen molar-refractivity contribution in [1.82, 2.24) is 15.5 Å². The van der Waals surface area contributed by atoms with Crippen molar-refractivity contribution < 1.29 is 14.4 Å². The number of benzene rings is 3. The molecule has 1 aliphatic rings. The summed E-state index contributed by atoms with van der Waals surface area (Å²) in [5, 5.41) is 5.65. The number of hydrogen-bond acceptors (Lipinski definition) is 3. The molecule has 4 rings (SSSR count). The predicted molar refractivity (Wildman–Crippen MR) is 117 cm³/mol. The van der Waals surface area contributed by atoms with Crippen molar-refractivity contribution in [2.45, 2.75) is 18.5 Å². The molecule has 0 spiro atoms. The van der Waals surface area contributed by atoms with Gasteiger partial charge in [0.25, 0.3) is 5.91 Å². The van der Waals surface area contributed by atoms with Crippen LogP contribution in [0.5, 0.6) is 0 Å². The lowest BCUT2D eigenvalue weighted by molar-refractivity contribution is -0.132. The molecule has 4 amide bonds. The fourth-order valence-corrected chi connectivity index (χ4v) is 3.72. The first-order valence-corrected chi connectivity index (χ1v) is 10.2. The van der Waals surface area contributed by atoms with Gasteiger partial charge in [-0.2, -0.15) is 0 Å². The number of nitrogens with one attached hydrogen (secondary N) is 2. The fraction of sp³-hybridized carbons (Fsp3) is 0.160. The van der Waals surface area contributed by atoms with Crippen molar-refractivity contribution in [2.75, 3.05) is 6.54 Å². The van der Waals surface area contributed by atoms with Crippen LogP contribution in [0.4, 0.5) is 4.79 Å². The molecule has 2 N–H and O–H groups in total. The molecule has 3 aromatic carbocycles. The number of imide groups is 1. The Balaban J connectivity index is 1.45. The second-order valence-corrected chi connectivity index (χ2v) is 7.44. The Kier molecular flexibility index (Phi) is 6.08. The van der Waals surface area contributed by atoms with Crippen LogP contribution < -0.4 is 10.6 Å². The maximum atomic E-state index is 12.8. The SMILES string of the molecule is O=C(CN1C(=O)N[C@H](Cc2ccccc2)C1=O)NC(c1ccccc1)c1ccccc1. The Hall–Kier alpha value is -3.93. The van der Waals surface area contributed by atoms with Crippen molar-refractivity contribution >= 4 is 17.8 Å². The van der Waals surface area contributed by atoms with Crippen LogP contribution in [0, 0.1) is 0 Å². The molecule has 1 fully saturated rings. The summed E-state index contributed by atoms with van der Waals surface area (Å²) in [6.07, 6.45) is 0.389. The summed E-state index contributed by atoms with van der Waals surface area (Å²) in [6, 6.07) is 27.0. The third-order valence-corrected chi connectivity index (χ3v) is 5.26. The average Bonchev–Trinajstić information content (AvgIpc) is 3.06. The van der Waals surface area contributed by atoms with Gasteiger partial charge in [-0.3, -0.25) is 14.5 Å². The van der Waals surface area contributed by atoms with Gasteiger partial charge in [0.05, 0.1) is 6.04 Å². The molecule has 1 aliphatic heterocycles. The van der Waals surface area contributed by atoms with E-state index in [9.17, 15) is 14.4 Å². The maximum Gasteiger partial charge on any atom is 0.325 e. The summed E-state index contributed by atoms with van der Waals surface area (Å²) in [4.78, 5) is 38.9. The summed E-state index contributed by atoms with van der Waals surface area (Å²) in [7, 11) is 0. The summed E-state index contributed by atoms with van der Waals surface area (Å²) in [5.41, 5.74) is 2.78. The number of hydrogen-bond donors (Lipinski definition) is 2. The molecular weight excluding hydrogens is 390 g/mol. The first-order valence-electron chi connectivity index (χ1n) is 10.2. The molecule has 1 atom stereocenters. The minimum Gasteiger partial charge on any atom is -0.344 e. The van der Waals surface area contributed by atoms with E-state index in [1.165, 1.54) is 0 Å². The van der Waals surface area contributed by atoms with Gasteiger partial charge in [0.2, 0.25) is 5.91 Å². The van der Waals surface area contributed by atoms with Crippen LogP contribution in [0.3, 0.4) is 0 Å². The zero-order valence-corrected chi connectivity index (χ0v) is 16.9. The molecule has 1 heterocycles. The second-order valence-electron chi connectivity index (χ2n) is 7.44. The standard InChI is InChI=1S/C25H23N3O3/c29-22(27-23(19-12-6-2-7-13-19)20-14-8-3-9-15-20)17-28-24(30)21(26-25(28)31)16-18-10-4-1-5-11-18/h1-15,21,23H,16-17H2,(H,26,31)(H,27,29)/t21-/m1/s1. The highest BCUT2D eigenvalue weighted by Crippen LogP contribution is 2.22. The molecule has 1 saturated heterocycles. The minimum atomic E-state index is -0.665. The van der Waals surface area contributed by atoms with E-state index in [2.05, 4.69) is 10.6 Å². The van der Waals surface area contributed by atoms with E-state index in [0.717, 1.165) is 21.6 Å². The molecule has 3 aromatic rings. The molecule has 6 heteroatoms. The normalized spacial score (nSPS) is 15.8. The Morgan fingerprint density at radius 1 is 0.839 bits per heavy atom. The van der Waals surface area contributed by atoms with Crippen LogP contribution in [0.25, 0.3) is 0 Å². The van der Waals surface area contributed by atoms with E-state index in [-0.39, 0.29) is 18.5 Å². The van der Waals surface area contributed by atoms with Crippen molar-refractivity contribution in [2.24, 2.45) is 0 Å². The highest BCUT2D eigenvalue weighted by molar-refractivity contribution is 6.06. The molecule has 0 aliphatic carbocycles. The third kappa shape index (κ3) is 4.80. The summed E-state index contributed by atoms with van der Waals surface area (Å²) in [5.74, 6) is -0.790. The summed E-state index contributed by atoms with van der Waals surface area (Å²) in [6.45, 7) is -0.327. The lowest BCUT2D eigenvalue weighted by Crippen LogP contribution is -2.42. The topological polar surface area (TPSA) is 78.5 Å². The van der Waals surface area contributed by atoms with Gasteiger partial charge >= 0.3 is 6.03 Å². The molecule has 31 heavy (non-hydrogen) atoms. The van der Waals surface area contributed by atoms with Gasteiger partial charge in [0.15, 0.2) is 0 Å². The highest BCUT2D eigenvalue weighted by atomic mass is 16.2. The Bertz CT molecular complexity index is 1020. The van der Waals surface area contributed by atoms with Crippen molar-refractivity contribution in [1.29, 1.82) is 0 Å². The molecule has 0 radical (unpaired) electrons. The van der Waals surface area contributed by atoms with Gasteiger partial charge in [0.1, 0.15) is 12.6 Å². The van der Waals surface area contributed by atoms with E-state index < -0.39 is 18.0 Å². The Labute approximate surface area is 180 Å². The number of carbonyl (C=O) groups is 3. The van der Waals surface area contributed by atoms with Gasteiger partial charge in [-0.15, -0.1) is 0 Å². The molecular formula is C25H23N3O3. The van der Waals surface area contributed by atoms with Gasteiger partial charge in [0, 0.05) is 6.42 Å². The molecule has 0 unspecified atom stereocenters. The van der Waals surface area contributed by atoms with E-state index >= 15 is 0 Å². The number of amides is 4. The summed E-state index contributed by atoms with van der Waals surface area (Å²) < 4.78 is 0. The Morgan fingerprint density at radius 2 is 1.35 bits per heavy atom. The van der Waals surface area contributed by atoms with Crippen LogP contribution in [0.1, 0.15) is 22.7 Å². The predicted octanol–water partition coefficient (Wildman–Crippen LogP) is 3.06. The van der Waals surface area contributed by atoms with Crippen molar-refractivity contribution in [3.05, 3.63) is 108 Å². The summed E-state index contributed by atoms with van der Waals surface area (Å²) >= 11 is 0. The number of carbonyl (C=O) groups excluding carboxylic acids is 3. The molecule has 0 aromatic heterocycles. The number of rotatable bonds is 7. The van der Waals surface area contributed by atoms with Crippen LogP contribution >= 0.6 is 0 Å². The van der Waals surface area contributed by atoms with Crippen LogP contribution in [-0.2, 0) is 16.0 Å². The van der Waals surface area contributed by atoms with Gasteiger partial charge < -0.3 is 10.6 Å². The lowest BCUT2D eigenvalue weighted by atomic mass is 9.99. The molecule has 0 bridgehead atoms. The maximum absolute atomic E-state index is 12.8. The monoisotopic (exact) mass is 413 g/mol. The fourth-order valence-electron chi connectivity index (χ4n) is 3.72. The van der Waals surface area contributed by atoms with Crippen LogP contribution in [0.2, 0.25) is 0 Å².